The second kappa shape index (κ2) is 8.97. The van der Waals surface area contributed by atoms with Crippen LogP contribution >= 0.6 is 0 Å². The van der Waals surface area contributed by atoms with E-state index in [-0.39, 0.29) is 11.6 Å². The first-order valence-corrected chi connectivity index (χ1v) is 10.1. The van der Waals surface area contributed by atoms with Gasteiger partial charge in [-0.2, -0.15) is 0 Å². The van der Waals surface area contributed by atoms with Crippen LogP contribution in [0.15, 0.2) is 71.5 Å². The van der Waals surface area contributed by atoms with E-state index >= 15 is 0 Å². The van der Waals surface area contributed by atoms with Crippen LogP contribution in [0.2, 0.25) is 0 Å². The lowest BCUT2D eigenvalue weighted by molar-refractivity contribution is 0.184. The first-order chi connectivity index (χ1) is 15.1. The summed E-state index contributed by atoms with van der Waals surface area (Å²) in [6, 6.07) is 19.9. The molecule has 0 radical (unpaired) electrons. The Balaban J connectivity index is 1.62. The molecule has 0 aliphatic heterocycles. The van der Waals surface area contributed by atoms with Gasteiger partial charge in [0.25, 0.3) is 5.56 Å². The molecule has 31 heavy (non-hydrogen) atoms. The van der Waals surface area contributed by atoms with E-state index in [0.717, 1.165) is 10.8 Å². The molecule has 1 heterocycles. The van der Waals surface area contributed by atoms with Crippen LogP contribution < -0.4 is 16.2 Å². The highest BCUT2D eigenvalue weighted by molar-refractivity contribution is 6.01. The Morgan fingerprint density at radius 3 is 2.55 bits per heavy atom. The zero-order valence-corrected chi connectivity index (χ0v) is 17.5. The number of para-hydroxylation sites is 1. The monoisotopic (exact) mass is 416 g/mol. The van der Waals surface area contributed by atoms with Crippen LogP contribution in [0.4, 0.5) is 10.5 Å². The van der Waals surface area contributed by atoms with E-state index in [1.807, 2.05) is 61.5 Å². The zero-order valence-electron chi connectivity index (χ0n) is 17.5. The molecule has 1 aromatic heterocycles. The summed E-state index contributed by atoms with van der Waals surface area (Å²) in [5, 5.41) is 8.34. The molecule has 2 amide bonds. The first kappa shape index (κ1) is 20.6. The van der Waals surface area contributed by atoms with Gasteiger partial charge in [-0.3, -0.25) is 9.36 Å². The molecular formula is C24H24N4O3. The molecule has 1 atom stereocenters. The molecule has 158 valence electrons. The van der Waals surface area contributed by atoms with Gasteiger partial charge in [-0.05, 0) is 30.5 Å². The third-order valence-corrected chi connectivity index (χ3v) is 5.18. The second-order valence-electron chi connectivity index (χ2n) is 7.28. The van der Waals surface area contributed by atoms with Crippen LogP contribution in [0.5, 0.6) is 0 Å². The fraction of sp³-hybridized carbons (Fsp3) is 0.208. The van der Waals surface area contributed by atoms with Crippen LogP contribution in [0.1, 0.15) is 18.8 Å². The Hall–Kier alpha value is -3.71. The lowest BCUT2D eigenvalue weighted by Gasteiger charge is -2.20. The number of rotatable bonds is 6. The minimum absolute atomic E-state index is 0.152. The number of nitrogens with one attached hydrogen (secondary N) is 2. The van der Waals surface area contributed by atoms with Gasteiger partial charge in [-0.1, -0.05) is 48.5 Å². The molecule has 4 aromatic rings. The number of benzene rings is 3. The SMILES string of the molecule is COCCn1c(C(C)NC(=O)Nc2cccc3ccccc23)nc2ccccc2c1=O. The Morgan fingerprint density at radius 1 is 1.03 bits per heavy atom. The Kier molecular flexibility index (Phi) is 5.95. The highest BCUT2D eigenvalue weighted by Crippen LogP contribution is 2.23. The van der Waals surface area contributed by atoms with Crippen LogP contribution in [-0.4, -0.2) is 29.3 Å². The summed E-state index contributed by atoms with van der Waals surface area (Å²) < 4.78 is 6.73. The number of carbonyl (C=O) groups is 1. The fourth-order valence-electron chi connectivity index (χ4n) is 3.67. The second-order valence-corrected chi connectivity index (χ2v) is 7.28. The van der Waals surface area contributed by atoms with Gasteiger partial charge in [-0.15, -0.1) is 0 Å². The summed E-state index contributed by atoms with van der Waals surface area (Å²) >= 11 is 0. The summed E-state index contributed by atoms with van der Waals surface area (Å²) in [5.41, 5.74) is 1.16. The molecule has 7 nitrogen and oxygen atoms in total. The lowest BCUT2D eigenvalue weighted by atomic mass is 10.1. The number of carbonyl (C=O) groups excluding carboxylic acids is 1. The van der Waals surface area contributed by atoms with Crippen LogP contribution in [0.3, 0.4) is 0 Å². The molecule has 0 aliphatic rings. The zero-order chi connectivity index (χ0) is 21.8. The van der Waals surface area contributed by atoms with E-state index < -0.39 is 6.04 Å². The van der Waals surface area contributed by atoms with E-state index in [4.69, 9.17) is 4.74 Å². The van der Waals surface area contributed by atoms with Crippen molar-refractivity contribution in [1.82, 2.24) is 14.9 Å². The van der Waals surface area contributed by atoms with Gasteiger partial charge >= 0.3 is 6.03 Å². The summed E-state index contributed by atoms with van der Waals surface area (Å²) in [6.45, 7) is 2.52. The number of anilines is 1. The Morgan fingerprint density at radius 2 is 1.74 bits per heavy atom. The maximum absolute atomic E-state index is 13.0. The largest absolute Gasteiger partial charge is 0.383 e. The van der Waals surface area contributed by atoms with Gasteiger partial charge < -0.3 is 15.4 Å². The standard InChI is InChI=1S/C24H24N4O3/c1-16(25-24(30)27-20-13-7-9-17-8-3-4-10-18(17)20)22-26-21-12-6-5-11-19(21)23(29)28(22)14-15-31-2/h3-13,16H,14-15H2,1-2H3,(H2,25,27,30). The fourth-order valence-corrected chi connectivity index (χ4v) is 3.67. The van der Waals surface area contributed by atoms with Crippen LogP contribution in [0.25, 0.3) is 21.7 Å². The predicted molar refractivity (Wildman–Crippen MR) is 122 cm³/mol. The number of hydrogen-bond acceptors (Lipinski definition) is 4. The summed E-state index contributed by atoms with van der Waals surface area (Å²) in [7, 11) is 1.58. The Bertz CT molecular complexity index is 1290. The van der Waals surface area contributed by atoms with Crippen molar-refractivity contribution in [2.24, 2.45) is 0 Å². The van der Waals surface area contributed by atoms with Crippen molar-refractivity contribution in [2.75, 3.05) is 19.0 Å². The maximum Gasteiger partial charge on any atom is 0.319 e. The summed E-state index contributed by atoms with van der Waals surface area (Å²) in [4.78, 5) is 30.4. The molecule has 0 bridgehead atoms. The molecular weight excluding hydrogens is 392 g/mol. The molecule has 1 unspecified atom stereocenters. The quantitative estimate of drug-likeness (QED) is 0.496. The number of ether oxygens (including phenoxy) is 1. The number of urea groups is 1. The highest BCUT2D eigenvalue weighted by Gasteiger charge is 2.18. The van der Waals surface area contributed by atoms with Crippen LogP contribution in [0, 0.1) is 0 Å². The number of nitrogens with zero attached hydrogens (tertiary/aromatic N) is 2. The molecule has 0 saturated heterocycles. The summed E-state index contributed by atoms with van der Waals surface area (Å²) in [6.07, 6.45) is 0. The molecule has 4 rings (SSSR count). The van der Waals surface area contributed by atoms with E-state index in [1.165, 1.54) is 0 Å². The number of fused-ring (bicyclic) bond motifs is 2. The van der Waals surface area contributed by atoms with Gasteiger partial charge in [-0.25, -0.2) is 9.78 Å². The average Bonchev–Trinajstić information content (AvgIpc) is 2.78. The van der Waals surface area contributed by atoms with Crippen molar-refractivity contribution in [1.29, 1.82) is 0 Å². The lowest BCUT2D eigenvalue weighted by Crippen LogP contribution is -2.36. The molecule has 0 fully saturated rings. The third-order valence-electron chi connectivity index (χ3n) is 5.18. The van der Waals surface area contributed by atoms with Crippen LogP contribution in [-0.2, 0) is 11.3 Å². The van der Waals surface area contributed by atoms with E-state index in [0.29, 0.717) is 35.6 Å². The van der Waals surface area contributed by atoms with E-state index in [1.54, 1.807) is 23.8 Å². The summed E-state index contributed by atoms with van der Waals surface area (Å²) in [5.74, 6) is 0.480. The van der Waals surface area contributed by atoms with Crippen molar-refractivity contribution in [3.05, 3.63) is 82.9 Å². The minimum Gasteiger partial charge on any atom is -0.383 e. The number of hydrogen-bond donors (Lipinski definition) is 2. The van der Waals surface area contributed by atoms with Gasteiger partial charge in [0, 0.05) is 12.5 Å². The molecule has 2 N–H and O–H groups in total. The molecule has 0 spiro atoms. The van der Waals surface area contributed by atoms with Gasteiger partial charge in [0.2, 0.25) is 0 Å². The number of methoxy groups -OCH3 is 1. The van der Waals surface area contributed by atoms with Crippen molar-refractivity contribution < 1.29 is 9.53 Å². The van der Waals surface area contributed by atoms with Crippen molar-refractivity contribution in [2.45, 2.75) is 19.5 Å². The van der Waals surface area contributed by atoms with Gasteiger partial charge in [0.15, 0.2) is 0 Å². The maximum atomic E-state index is 13.0. The molecule has 0 aliphatic carbocycles. The molecule has 7 heteroatoms. The predicted octanol–water partition coefficient (Wildman–Crippen LogP) is 4.08. The topological polar surface area (TPSA) is 85.2 Å². The molecule has 0 saturated carbocycles. The van der Waals surface area contributed by atoms with Gasteiger partial charge in [0.1, 0.15) is 5.82 Å². The van der Waals surface area contributed by atoms with E-state index in [9.17, 15) is 9.59 Å². The minimum atomic E-state index is -0.496. The normalized spacial score (nSPS) is 12.1. The average molecular weight is 416 g/mol. The third kappa shape index (κ3) is 4.27. The highest BCUT2D eigenvalue weighted by atomic mass is 16.5. The Labute approximate surface area is 179 Å². The van der Waals surface area contributed by atoms with Crippen molar-refractivity contribution in [3.63, 3.8) is 0 Å². The van der Waals surface area contributed by atoms with Gasteiger partial charge in [0.05, 0.1) is 35.8 Å². The van der Waals surface area contributed by atoms with Crippen molar-refractivity contribution >= 4 is 33.4 Å². The molecule has 3 aromatic carbocycles. The van der Waals surface area contributed by atoms with Crippen molar-refractivity contribution in [3.8, 4) is 0 Å². The van der Waals surface area contributed by atoms with E-state index in [2.05, 4.69) is 15.6 Å². The number of amides is 2. The smallest absolute Gasteiger partial charge is 0.319 e. The first-order valence-electron chi connectivity index (χ1n) is 10.1. The number of aromatic nitrogens is 2.